The molecule has 12 heteroatoms. The number of likely N-dealkylation sites (tertiary alicyclic amines) is 2. The molecule has 6 aromatic rings. The van der Waals surface area contributed by atoms with Crippen molar-refractivity contribution >= 4 is 33.7 Å². The lowest BCUT2D eigenvalue weighted by Crippen LogP contribution is -2.46. The highest BCUT2D eigenvalue weighted by Gasteiger charge is 2.43. The average Bonchev–Trinajstić information content (AvgIpc) is 3.35. The largest absolute Gasteiger partial charge is 0.492 e. The van der Waals surface area contributed by atoms with Gasteiger partial charge in [0.1, 0.15) is 24.7 Å². The van der Waals surface area contributed by atoms with Gasteiger partial charge in [0.15, 0.2) is 0 Å². The monoisotopic (exact) mass is 925 g/mol. The summed E-state index contributed by atoms with van der Waals surface area (Å²) in [5.74, 6) is 0.919. The van der Waals surface area contributed by atoms with Gasteiger partial charge in [0.25, 0.3) is 11.1 Å². The maximum Gasteiger partial charge on any atom is 0.312 e. The predicted octanol–water partition coefficient (Wildman–Crippen LogP) is 9.15. The minimum absolute atomic E-state index is 0.00141. The smallest absolute Gasteiger partial charge is 0.312 e. The molecular formula is C56H68N4O8. The molecular weight excluding hydrogens is 857 g/mol. The molecule has 2 aliphatic rings. The van der Waals surface area contributed by atoms with Crippen LogP contribution in [0.1, 0.15) is 69.4 Å². The number of carboxylic acid groups (broad SMARTS) is 1. The predicted molar refractivity (Wildman–Crippen MR) is 269 cm³/mol. The zero-order valence-corrected chi connectivity index (χ0v) is 40.1. The van der Waals surface area contributed by atoms with Crippen LogP contribution in [0.25, 0.3) is 21.8 Å². The van der Waals surface area contributed by atoms with Gasteiger partial charge in [-0.2, -0.15) is 0 Å². The Morgan fingerprint density at radius 1 is 0.559 bits per heavy atom. The molecule has 4 heterocycles. The number of carbonyl (C=O) groups is 2. The fraction of sp³-hybridized carbons (Fsp3) is 0.429. The third-order valence-corrected chi connectivity index (χ3v) is 14.0. The van der Waals surface area contributed by atoms with Crippen LogP contribution >= 0.6 is 0 Å². The van der Waals surface area contributed by atoms with E-state index < -0.39 is 16.8 Å². The van der Waals surface area contributed by atoms with E-state index in [4.69, 9.17) is 14.2 Å². The van der Waals surface area contributed by atoms with Crippen LogP contribution in [-0.4, -0.2) is 95.1 Å². The zero-order valence-electron chi connectivity index (χ0n) is 40.1. The number of piperidine rings is 2. The van der Waals surface area contributed by atoms with Gasteiger partial charge in [0.2, 0.25) is 0 Å². The Morgan fingerprint density at radius 3 is 1.40 bits per heavy atom. The molecule has 0 amide bonds. The van der Waals surface area contributed by atoms with Gasteiger partial charge >= 0.3 is 11.9 Å². The van der Waals surface area contributed by atoms with Gasteiger partial charge in [-0.25, -0.2) is 0 Å². The number of aliphatic carboxylic acids is 1. The van der Waals surface area contributed by atoms with Crippen molar-refractivity contribution < 1.29 is 28.9 Å². The number of aryl methyl sites for hydroxylation is 4. The van der Waals surface area contributed by atoms with E-state index in [1.807, 2.05) is 116 Å². The Labute approximate surface area is 400 Å². The fourth-order valence-electron chi connectivity index (χ4n) is 9.85. The quantitative estimate of drug-likeness (QED) is 0.0785. The van der Waals surface area contributed by atoms with E-state index in [1.165, 1.54) is 0 Å². The third-order valence-electron chi connectivity index (χ3n) is 14.0. The van der Waals surface area contributed by atoms with E-state index in [-0.39, 0.29) is 17.1 Å². The van der Waals surface area contributed by atoms with Crippen LogP contribution in [0.15, 0.2) is 131 Å². The summed E-state index contributed by atoms with van der Waals surface area (Å²) in [5, 5.41) is 12.1. The maximum absolute atomic E-state index is 13.1. The van der Waals surface area contributed by atoms with Crippen molar-refractivity contribution in [2.75, 3.05) is 59.1 Å². The molecule has 0 atom stereocenters. The molecule has 12 nitrogen and oxygen atoms in total. The summed E-state index contributed by atoms with van der Waals surface area (Å²) in [6, 6.07) is 38.8. The number of nitrogens with zero attached hydrogens (tertiary/aromatic N) is 4. The van der Waals surface area contributed by atoms with E-state index in [1.54, 1.807) is 16.7 Å². The summed E-state index contributed by atoms with van der Waals surface area (Å²) in [6.45, 7) is 13.4. The topological polar surface area (TPSA) is 133 Å². The number of carbonyl (C=O) groups excluding carboxylic acids is 1. The van der Waals surface area contributed by atoms with Crippen LogP contribution in [0.4, 0.5) is 0 Å². The van der Waals surface area contributed by atoms with Gasteiger partial charge in [0, 0.05) is 38.3 Å². The van der Waals surface area contributed by atoms with Crippen LogP contribution in [0.5, 0.6) is 11.5 Å². The second-order valence-electron chi connectivity index (χ2n) is 18.6. The lowest BCUT2D eigenvalue weighted by Gasteiger charge is -2.40. The Hall–Kier alpha value is -6.24. The number of aromatic nitrogens is 2. The molecule has 1 N–H and O–H groups in total. The number of fused-ring (bicyclic) bond motifs is 2. The summed E-state index contributed by atoms with van der Waals surface area (Å²) in [5.41, 5.74) is 2.86. The minimum Gasteiger partial charge on any atom is -0.492 e. The van der Waals surface area contributed by atoms with Gasteiger partial charge in [-0.3, -0.25) is 29.0 Å². The van der Waals surface area contributed by atoms with Crippen LogP contribution in [0.2, 0.25) is 0 Å². The second-order valence-corrected chi connectivity index (χ2v) is 18.6. The number of para-hydroxylation sites is 2. The molecule has 0 unspecified atom stereocenters. The second kappa shape index (κ2) is 23.7. The molecule has 4 aromatic carbocycles. The number of carboxylic acids is 1. The van der Waals surface area contributed by atoms with Crippen LogP contribution in [0.3, 0.4) is 0 Å². The van der Waals surface area contributed by atoms with Crippen LogP contribution in [0, 0.1) is 24.7 Å². The van der Waals surface area contributed by atoms with Crippen molar-refractivity contribution in [3.05, 3.63) is 153 Å². The SMILES string of the molecule is CCOC(=O)C1(CCCn2c(=O)ccc3ccc(C)cc32)CCN(CCOc2ccccc2)CC1.Cc1ccc2ccc(=O)n(CCCC3(C(=O)O)CCN(CCOc4ccccc4)CC3)c2c1. The summed E-state index contributed by atoms with van der Waals surface area (Å²) in [4.78, 5) is 55.1. The van der Waals surface area contributed by atoms with E-state index in [0.717, 1.165) is 109 Å². The van der Waals surface area contributed by atoms with Crippen molar-refractivity contribution in [1.82, 2.24) is 18.9 Å². The first-order valence-corrected chi connectivity index (χ1v) is 24.4. The molecule has 68 heavy (non-hydrogen) atoms. The molecule has 0 bridgehead atoms. The molecule has 8 rings (SSSR count). The lowest BCUT2D eigenvalue weighted by molar-refractivity contribution is -0.159. The summed E-state index contributed by atoms with van der Waals surface area (Å²) in [6.07, 6.45) is 5.48. The summed E-state index contributed by atoms with van der Waals surface area (Å²) < 4.78 is 20.8. The van der Waals surface area contributed by atoms with Crippen LogP contribution < -0.4 is 20.6 Å². The van der Waals surface area contributed by atoms with Gasteiger partial charge < -0.3 is 28.5 Å². The number of benzene rings is 4. The Morgan fingerprint density at radius 2 is 0.971 bits per heavy atom. The number of pyridine rings is 2. The Balaban J connectivity index is 0.000000202. The number of esters is 1. The fourth-order valence-corrected chi connectivity index (χ4v) is 9.85. The standard InChI is InChI=1S/C29H36N2O4.C27H32N2O4/c1-3-34-28(33)29(15-18-30(19-16-29)20-21-35-25-8-5-4-6-9-25)14-7-17-31-26-22-23(2)10-11-24(26)12-13-27(31)32;1-21-8-9-22-10-11-25(30)29(24(22)20-21)15-5-12-27(26(31)32)13-16-28(17-14-27)18-19-33-23-6-3-2-4-7-23/h4-6,8-13,22H,3,7,14-21H2,1-2H3;2-4,6-11,20H,5,12-19H2,1H3,(H,31,32). The molecule has 2 aliphatic heterocycles. The molecule has 2 saturated heterocycles. The van der Waals surface area contributed by atoms with E-state index in [9.17, 15) is 24.3 Å². The molecule has 0 radical (unpaired) electrons. The lowest BCUT2D eigenvalue weighted by atomic mass is 9.74. The highest BCUT2D eigenvalue weighted by Crippen LogP contribution is 2.39. The van der Waals surface area contributed by atoms with Crippen molar-refractivity contribution in [1.29, 1.82) is 0 Å². The average molecular weight is 925 g/mol. The number of hydrogen-bond acceptors (Lipinski definition) is 9. The highest BCUT2D eigenvalue weighted by molar-refractivity contribution is 5.80. The Bertz CT molecular complexity index is 2700. The van der Waals surface area contributed by atoms with E-state index in [0.29, 0.717) is 58.6 Å². The molecule has 0 saturated carbocycles. The number of hydrogen-bond donors (Lipinski definition) is 1. The molecule has 0 aliphatic carbocycles. The van der Waals surface area contributed by atoms with E-state index in [2.05, 4.69) is 28.0 Å². The summed E-state index contributed by atoms with van der Waals surface area (Å²) in [7, 11) is 0. The van der Waals surface area contributed by atoms with Gasteiger partial charge in [-0.15, -0.1) is 0 Å². The van der Waals surface area contributed by atoms with Gasteiger partial charge in [-0.05, 0) is 169 Å². The van der Waals surface area contributed by atoms with Crippen molar-refractivity contribution in [2.24, 2.45) is 10.8 Å². The molecule has 2 fully saturated rings. The van der Waals surface area contributed by atoms with Crippen molar-refractivity contribution in [3.8, 4) is 11.5 Å². The zero-order chi connectivity index (χ0) is 47.9. The minimum atomic E-state index is -0.721. The molecule has 360 valence electrons. The third kappa shape index (κ3) is 12.8. The van der Waals surface area contributed by atoms with E-state index >= 15 is 0 Å². The molecule has 0 spiro atoms. The van der Waals surface area contributed by atoms with Crippen LogP contribution in [-0.2, 0) is 27.4 Å². The Kier molecular flexibility index (Phi) is 17.3. The first kappa shape index (κ1) is 49.7. The number of rotatable bonds is 19. The van der Waals surface area contributed by atoms with Crippen molar-refractivity contribution in [3.63, 3.8) is 0 Å². The van der Waals surface area contributed by atoms with Crippen molar-refractivity contribution in [2.45, 2.75) is 85.2 Å². The summed E-state index contributed by atoms with van der Waals surface area (Å²) >= 11 is 0. The first-order chi connectivity index (χ1) is 33.0. The maximum atomic E-state index is 13.1. The van der Waals surface area contributed by atoms with Gasteiger partial charge in [0.05, 0.1) is 28.5 Å². The first-order valence-electron chi connectivity index (χ1n) is 24.4. The normalized spacial score (nSPS) is 15.9. The number of ether oxygens (including phenoxy) is 3. The highest BCUT2D eigenvalue weighted by atomic mass is 16.5. The molecule has 2 aromatic heterocycles. The van der Waals surface area contributed by atoms with Gasteiger partial charge in [-0.1, -0.05) is 60.7 Å².